The Balaban J connectivity index is 2.21. The first-order valence-corrected chi connectivity index (χ1v) is 3.93. The van der Waals surface area contributed by atoms with Crippen molar-refractivity contribution in [2.24, 2.45) is 0 Å². The van der Waals surface area contributed by atoms with Gasteiger partial charge in [-0.25, -0.2) is 0 Å². The third kappa shape index (κ3) is 1.19. The molecule has 0 radical (unpaired) electrons. The molecule has 60 valence electrons. The lowest BCUT2D eigenvalue weighted by atomic mass is 10.1. The van der Waals surface area contributed by atoms with Crippen LogP contribution in [0.15, 0.2) is 24.3 Å². The third-order valence-electron chi connectivity index (χ3n) is 1.99. The number of hydrogen-bond donors (Lipinski definition) is 0. The highest BCUT2D eigenvalue weighted by Crippen LogP contribution is 2.38. The average Bonchev–Trinajstić information content (AvgIpc) is 2.83. The van der Waals surface area contributed by atoms with Crippen molar-refractivity contribution in [3.05, 3.63) is 35.4 Å². The Morgan fingerprint density at radius 2 is 2.33 bits per heavy atom. The first kappa shape index (κ1) is 7.33. The summed E-state index contributed by atoms with van der Waals surface area (Å²) in [4.78, 5) is 0. The van der Waals surface area contributed by atoms with Crippen LogP contribution in [0.5, 0.6) is 0 Å². The van der Waals surface area contributed by atoms with Crippen molar-refractivity contribution in [3.63, 3.8) is 0 Å². The molecule has 2 nitrogen and oxygen atoms in total. The molecule has 0 amide bonds. The molecule has 0 aliphatic carbocycles. The zero-order valence-electron chi connectivity index (χ0n) is 6.82. The first-order chi connectivity index (χ1) is 5.81. The number of ether oxygens (including phenoxy) is 1. The van der Waals surface area contributed by atoms with Crippen LogP contribution in [0.3, 0.4) is 0 Å². The van der Waals surface area contributed by atoms with E-state index >= 15 is 0 Å². The van der Waals surface area contributed by atoms with Crippen LogP contribution in [-0.2, 0) is 4.74 Å². The molecule has 2 rings (SSSR count). The van der Waals surface area contributed by atoms with Gasteiger partial charge in [0, 0.05) is 0 Å². The van der Waals surface area contributed by atoms with E-state index in [0.29, 0.717) is 0 Å². The number of nitrogens with zero attached hydrogens (tertiary/aromatic N) is 1. The molecule has 0 saturated carbocycles. The van der Waals surface area contributed by atoms with Crippen molar-refractivity contribution < 1.29 is 4.74 Å². The van der Waals surface area contributed by atoms with E-state index in [2.05, 4.69) is 12.1 Å². The van der Waals surface area contributed by atoms with Gasteiger partial charge in [-0.05, 0) is 12.5 Å². The van der Waals surface area contributed by atoms with Gasteiger partial charge < -0.3 is 4.74 Å². The lowest BCUT2D eigenvalue weighted by molar-refractivity contribution is 0.396. The largest absolute Gasteiger partial charge is 0.348 e. The molecule has 1 aliphatic heterocycles. The first-order valence-electron chi connectivity index (χ1n) is 3.93. The van der Waals surface area contributed by atoms with E-state index in [4.69, 9.17) is 10.00 Å². The monoisotopic (exact) mass is 159 g/mol. The van der Waals surface area contributed by atoms with Crippen molar-refractivity contribution in [2.75, 3.05) is 0 Å². The Kier molecular flexibility index (Phi) is 1.60. The fourth-order valence-electron chi connectivity index (χ4n) is 1.31. The van der Waals surface area contributed by atoms with Crippen LogP contribution in [0.1, 0.15) is 17.2 Å². The van der Waals surface area contributed by atoms with Gasteiger partial charge in [-0.1, -0.05) is 29.8 Å². The van der Waals surface area contributed by atoms with E-state index < -0.39 is 0 Å². The summed E-state index contributed by atoms with van der Waals surface area (Å²) in [5, 5.41) is 8.53. The highest BCUT2D eigenvalue weighted by atomic mass is 16.6. The molecule has 12 heavy (non-hydrogen) atoms. The van der Waals surface area contributed by atoms with Gasteiger partial charge >= 0.3 is 0 Å². The van der Waals surface area contributed by atoms with Crippen LogP contribution >= 0.6 is 0 Å². The minimum atomic E-state index is -0.216. The zero-order chi connectivity index (χ0) is 8.55. The van der Waals surface area contributed by atoms with Gasteiger partial charge in [0.1, 0.15) is 6.10 Å². The molecule has 0 unspecified atom stereocenters. The molecule has 2 heteroatoms. The fourth-order valence-corrected chi connectivity index (χ4v) is 1.31. The Hall–Kier alpha value is -1.33. The van der Waals surface area contributed by atoms with Gasteiger partial charge in [0.25, 0.3) is 0 Å². The molecule has 1 aromatic rings. The Morgan fingerprint density at radius 3 is 2.92 bits per heavy atom. The van der Waals surface area contributed by atoms with E-state index in [9.17, 15) is 0 Å². The molecule has 0 spiro atoms. The zero-order valence-corrected chi connectivity index (χ0v) is 6.82. The number of rotatable bonds is 1. The van der Waals surface area contributed by atoms with Crippen LogP contribution in [0.4, 0.5) is 0 Å². The van der Waals surface area contributed by atoms with Gasteiger partial charge in [-0.3, -0.25) is 0 Å². The Morgan fingerprint density at radius 1 is 1.50 bits per heavy atom. The predicted molar refractivity (Wildman–Crippen MR) is 44.4 cm³/mol. The van der Waals surface area contributed by atoms with E-state index in [1.165, 1.54) is 5.56 Å². The average molecular weight is 159 g/mol. The molecule has 1 heterocycles. The molecular formula is C10H9NO. The number of hydrogen-bond acceptors (Lipinski definition) is 2. The van der Waals surface area contributed by atoms with Crippen LogP contribution < -0.4 is 0 Å². The molecule has 0 bridgehead atoms. The summed E-state index contributed by atoms with van der Waals surface area (Å²) in [6.07, 6.45) is -0.193. The molecule has 2 atom stereocenters. The summed E-state index contributed by atoms with van der Waals surface area (Å²) in [5.41, 5.74) is 2.32. The maximum Gasteiger partial charge on any atom is 0.175 e. The molecule has 1 aromatic carbocycles. The number of epoxide rings is 1. The van der Waals surface area contributed by atoms with E-state index in [1.807, 2.05) is 25.1 Å². The van der Waals surface area contributed by atoms with Gasteiger partial charge in [-0.2, -0.15) is 5.26 Å². The van der Waals surface area contributed by atoms with Crippen molar-refractivity contribution >= 4 is 0 Å². The summed E-state index contributed by atoms with van der Waals surface area (Å²) in [7, 11) is 0. The summed E-state index contributed by atoms with van der Waals surface area (Å²) >= 11 is 0. The maximum atomic E-state index is 8.53. The second-order valence-electron chi connectivity index (χ2n) is 3.02. The summed E-state index contributed by atoms with van der Waals surface area (Å²) in [5.74, 6) is 0. The molecule has 0 N–H and O–H groups in total. The second kappa shape index (κ2) is 2.62. The van der Waals surface area contributed by atoms with Crippen LogP contribution in [0, 0.1) is 18.3 Å². The smallest absolute Gasteiger partial charge is 0.175 e. The van der Waals surface area contributed by atoms with Crippen LogP contribution in [-0.4, -0.2) is 6.10 Å². The summed E-state index contributed by atoms with van der Waals surface area (Å²) < 4.78 is 5.15. The molecule has 1 fully saturated rings. The normalized spacial score (nSPS) is 26.3. The van der Waals surface area contributed by atoms with Crippen molar-refractivity contribution in [3.8, 4) is 6.07 Å². The minimum Gasteiger partial charge on any atom is -0.348 e. The van der Waals surface area contributed by atoms with Gasteiger partial charge in [0.2, 0.25) is 0 Å². The van der Waals surface area contributed by atoms with Crippen LogP contribution in [0.2, 0.25) is 0 Å². The lowest BCUT2D eigenvalue weighted by Gasteiger charge is -1.95. The van der Waals surface area contributed by atoms with E-state index in [1.54, 1.807) is 0 Å². The van der Waals surface area contributed by atoms with Crippen molar-refractivity contribution in [2.45, 2.75) is 19.1 Å². The van der Waals surface area contributed by atoms with Crippen LogP contribution in [0.25, 0.3) is 0 Å². The third-order valence-corrected chi connectivity index (χ3v) is 1.99. The topological polar surface area (TPSA) is 36.3 Å². The van der Waals surface area contributed by atoms with Gasteiger partial charge in [0.15, 0.2) is 6.10 Å². The highest BCUT2D eigenvalue weighted by molar-refractivity contribution is 5.29. The Labute approximate surface area is 71.4 Å². The summed E-state index contributed by atoms with van der Waals surface area (Å²) in [6.45, 7) is 2.03. The van der Waals surface area contributed by atoms with E-state index in [-0.39, 0.29) is 12.2 Å². The Bertz CT molecular complexity index is 340. The highest BCUT2D eigenvalue weighted by Gasteiger charge is 2.40. The number of nitriles is 1. The molecule has 1 aliphatic rings. The van der Waals surface area contributed by atoms with Gasteiger partial charge in [-0.15, -0.1) is 0 Å². The predicted octanol–water partition coefficient (Wildman–Crippen LogP) is 1.96. The number of aryl methyl sites for hydroxylation is 1. The fraction of sp³-hybridized carbons (Fsp3) is 0.300. The molecular weight excluding hydrogens is 150 g/mol. The SMILES string of the molecule is Cc1cccc([C@H]2O[C@H]2C#N)c1. The molecule has 1 saturated heterocycles. The lowest BCUT2D eigenvalue weighted by Crippen LogP contribution is -1.85. The number of benzene rings is 1. The maximum absolute atomic E-state index is 8.53. The van der Waals surface area contributed by atoms with Gasteiger partial charge in [0.05, 0.1) is 6.07 Å². The van der Waals surface area contributed by atoms with Crippen molar-refractivity contribution in [1.82, 2.24) is 0 Å². The summed E-state index contributed by atoms with van der Waals surface area (Å²) in [6, 6.07) is 10.2. The van der Waals surface area contributed by atoms with Crippen molar-refractivity contribution in [1.29, 1.82) is 5.26 Å². The second-order valence-corrected chi connectivity index (χ2v) is 3.02. The minimum absolute atomic E-state index is 0.0231. The molecule has 0 aromatic heterocycles. The standard InChI is InChI=1S/C10H9NO/c1-7-3-2-4-8(5-7)10-9(6-11)12-10/h2-5,9-10H,1H3/t9-,10+/m0/s1. The quantitative estimate of drug-likeness (QED) is 0.587. The van der Waals surface area contributed by atoms with E-state index in [0.717, 1.165) is 5.56 Å².